The molecule has 1 aromatic rings. The highest BCUT2D eigenvalue weighted by molar-refractivity contribution is 5.14. The van der Waals surface area contributed by atoms with Gasteiger partial charge in [0, 0.05) is 26.3 Å². The van der Waals surface area contributed by atoms with Gasteiger partial charge >= 0.3 is 0 Å². The Morgan fingerprint density at radius 2 is 2.05 bits per heavy atom. The Balaban J connectivity index is 1.85. The summed E-state index contributed by atoms with van der Waals surface area (Å²) in [6.45, 7) is 4.24. The number of unbranched alkanes of at least 4 members (excludes halogenated alkanes) is 1. The molecule has 1 aromatic carbocycles. The maximum absolute atomic E-state index is 8.91. The van der Waals surface area contributed by atoms with E-state index in [4.69, 9.17) is 9.84 Å². The summed E-state index contributed by atoms with van der Waals surface area (Å²) in [6, 6.07) is 10.6. The molecule has 1 saturated heterocycles. The Kier molecular flexibility index (Phi) is 6.34. The van der Waals surface area contributed by atoms with Crippen LogP contribution in [0.4, 0.5) is 0 Å². The van der Waals surface area contributed by atoms with Crippen molar-refractivity contribution in [3.05, 3.63) is 35.9 Å². The zero-order valence-electron chi connectivity index (χ0n) is 11.6. The van der Waals surface area contributed by atoms with E-state index in [1.54, 1.807) is 0 Å². The fraction of sp³-hybridized carbons (Fsp3) is 0.625. The first-order chi connectivity index (χ1) is 9.38. The number of rotatable bonds is 8. The molecule has 0 aromatic heterocycles. The summed E-state index contributed by atoms with van der Waals surface area (Å²) in [4.78, 5) is 2.46. The first-order valence-corrected chi connectivity index (χ1v) is 7.37. The standard InChI is InChI=1S/C16H25NO2/c18-11-5-4-10-17(14-16-9-6-12-19-16)13-15-7-2-1-3-8-15/h1-3,7-8,16,18H,4-6,9-14H2. The lowest BCUT2D eigenvalue weighted by Crippen LogP contribution is -2.32. The zero-order valence-corrected chi connectivity index (χ0v) is 11.6. The second kappa shape index (κ2) is 8.31. The molecule has 1 unspecified atom stereocenters. The van der Waals surface area contributed by atoms with Crippen LogP contribution in [0, 0.1) is 0 Å². The Hall–Kier alpha value is -0.900. The van der Waals surface area contributed by atoms with Crippen LogP contribution in [-0.4, -0.2) is 42.4 Å². The molecule has 1 atom stereocenters. The van der Waals surface area contributed by atoms with Gasteiger partial charge in [0.05, 0.1) is 6.10 Å². The van der Waals surface area contributed by atoms with Crippen molar-refractivity contribution in [2.45, 2.75) is 38.3 Å². The fourth-order valence-corrected chi connectivity index (χ4v) is 2.60. The number of aliphatic hydroxyl groups is 1. The summed E-state index contributed by atoms with van der Waals surface area (Å²) in [5, 5.41) is 8.91. The number of hydrogen-bond acceptors (Lipinski definition) is 3. The molecule has 0 amide bonds. The van der Waals surface area contributed by atoms with E-state index in [-0.39, 0.29) is 0 Å². The predicted octanol–water partition coefficient (Wildman–Crippen LogP) is 2.44. The number of benzene rings is 1. The third-order valence-corrected chi connectivity index (χ3v) is 3.62. The maximum atomic E-state index is 8.91. The van der Waals surface area contributed by atoms with Gasteiger partial charge in [0.2, 0.25) is 0 Å². The van der Waals surface area contributed by atoms with Gasteiger partial charge in [-0.2, -0.15) is 0 Å². The summed E-state index contributed by atoms with van der Waals surface area (Å²) in [6.07, 6.45) is 4.72. The minimum Gasteiger partial charge on any atom is -0.396 e. The largest absolute Gasteiger partial charge is 0.396 e. The number of hydrogen-bond donors (Lipinski definition) is 1. The second-order valence-electron chi connectivity index (χ2n) is 5.29. The normalized spacial score (nSPS) is 19.2. The molecule has 0 saturated carbocycles. The molecular formula is C16H25NO2. The molecule has 3 nitrogen and oxygen atoms in total. The molecule has 2 rings (SSSR count). The highest BCUT2D eigenvalue weighted by Gasteiger charge is 2.19. The van der Waals surface area contributed by atoms with Gasteiger partial charge in [-0.1, -0.05) is 30.3 Å². The van der Waals surface area contributed by atoms with E-state index in [0.29, 0.717) is 12.7 Å². The van der Waals surface area contributed by atoms with Gasteiger partial charge in [-0.05, 0) is 37.8 Å². The van der Waals surface area contributed by atoms with Crippen molar-refractivity contribution in [1.82, 2.24) is 4.90 Å². The molecular weight excluding hydrogens is 238 g/mol. The van der Waals surface area contributed by atoms with E-state index in [9.17, 15) is 0 Å². The Labute approximate surface area is 116 Å². The molecule has 1 aliphatic heterocycles. The SMILES string of the molecule is OCCCCN(Cc1ccccc1)CC1CCCO1. The van der Waals surface area contributed by atoms with Gasteiger partial charge in [0.25, 0.3) is 0 Å². The van der Waals surface area contributed by atoms with Crippen LogP contribution in [0.2, 0.25) is 0 Å². The molecule has 1 N–H and O–H groups in total. The van der Waals surface area contributed by atoms with Crippen LogP contribution in [0.3, 0.4) is 0 Å². The van der Waals surface area contributed by atoms with Gasteiger partial charge in [0.15, 0.2) is 0 Å². The summed E-state index contributed by atoms with van der Waals surface area (Å²) < 4.78 is 5.74. The van der Waals surface area contributed by atoms with Crippen molar-refractivity contribution in [3.63, 3.8) is 0 Å². The fourth-order valence-electron chi connectivity index (χ4n) is 2.60. The average Bonchev–Trinajstić information content (AvgIpc) is 2.93. The number of ether oxygens (including phenoxy) is 1. The molecule has 1 heterocycles. The maximum Gasteiger partial charge on any atom is 0.0702 e. The molecule has 0 bridgehead atoms. The van der Waals surface area contributed by atoms with E-state index in [1.807, 2.05) is 0 Å². The molecule has 0 radical (unpaired) electrons. The number of aliphatic hydroxyl groups excluding tert-OH is 1. The third kappa shape index (κ3) is 5.31. The lowest BCUT2D eigenvalue weighted by atomic mass is 10.1. The molecule has 1 aliphatic rings. The predicted molar refractivity (Wildman–Crippen MR) is 77.0 cm³/mol. The van der Waals surface area contributed by atoms with E-state index >= 15 is 0 Å². The van der Waals surface area contributed by atoms with E-state index in [2.05, 4.69) is 35.2 Å². The van der Waals surface area contributed by atoms with E-state index in [1.165, 1.54) is 18.4 Å². The number of nitrogens with zero attached hydrogens (tertiary/aromatic N) is 1. The lowest BCUT2D eigenvalue weighted by molar-refractivity contribution is 0.0694. The van der Waals surface area contributed by atoms with Crippen molar-refractivity contribution in [3.8, 4) is 0 Å². The van der Waals surface area contributed by atoms with Gasteiger partial charge in [-0.15, -0.1) is 0 Å². The molecule has 0 aliphatic carbocycles. The molecule has 19 heavy (non-hydrogen) atoms. The zero-order chi connectivity index (χ0) is 13.3. The van der Waals surface area contributed by atoms with Gasteiger partial charge in [0.1, 0.15) is 0 Å². The monoisotopic (exact) mass is 263 g/mol. The minimum absolute atomic E-state index is 0.291. The summed E-state index contributed by atoms with van der Waals surface area (Å²) in [5.41, 5.74) is 1.35. The summed E-state index contributed by atoms with van der Waals surface area (Å²) in [7, 11) is 0. The Bertz CT molecular complexity index is 336. The van der Waals surface area contributed by atoms with E-state index in [0.717, 1.165) is 39.1 Å². The Morgan fingerprint density at radius 1 is 1.21 bits per heavy atom. The van der Waals surface area contributed by atoms with Crippen LogP contribution < -0.4 is 0 Å². The Morgan fingerprint density at radius 3 is 2.74 bits per heavy atom. The van der Waals surface area contributed by atoms with Crippen molar-refractivity contribution in [1.29, 1.82) is 0 Å². The van der Waals surface area contributed by atoms with Gasteiger partial charge in [-0.3, -0.25) is 4.90 Å². The minimum atomic E-state index is 0.291. The topological polar surface area (TPSA) is 32.7 Å². The highest BCUT2D eigenvalue weighted by Crippen LogP contribution is 2.15. The van der Waals surface area contributed by atoms with Crippen molar-refractivity contribution in [2.75, 3.05) is 26.3 Å². The van der Waals surface area contributed by atoms with Crippen LogP contribution in [0.25, 0.3) is 0 Å². The van der Waals surface area contributed by atoms with Gasteiger partial charge < -0.3 is 9.84 Å². The van der Waals surface area contributed by atoms with Crippen LogP contribution >= 0.6 is 0 Å². The van der Waals surface area contributed by atoms with Crippen LogP contribution in [0.15, 0.2) is 30.3 Å². The smallest absolute Gasteiger partial charge is 0.0702 e. The van der Waals surface area contributed by atoms with Crippen molar-refractivity contribution >= 4 is 0 Å². The molecule has 3 heteroatoms. The second-order valence-corrected chi connectivity index (χ2v) is 5.29. The highest BCUT2D eigenvalue weighted by atomic mass is 16.5. The first-order valence-electron chi connectivity index (χ1n) is 7.37. The average molecular weight is 263 g/mol. The van der Waals surface area contributed by atoms with Crippen LogP contribution in [0.5, 0.6) is 0 Å². The van der Waals surface area contributed by atoms with Crippen molar-refractivity contribution in [2.24, 2.45) is 0 Å². The molecule has 1 fully saturated rings. The third-order valence-electron chi connectivity index (χ3n) is 3.62. The quantitative estimate of drug-likeness (QED) is 0.731. The van der Waals surface area contributed by atoms with Crippen molar-refractivity contribution < 1.29 is 9.84 Å². The molecule has 106 valence electrons. The van der Waals surface area contributed by atoms with Gasteiger partial charge in [-0.25, -0.2) is 0 Å². The summed E-state index contributed by atoms with van der Waals surface area (Å²) in [5.74, 6) is 0. The molecule has 0 spiro atoms. The van der Waals surface area contributed by atoms with Crippen LogP contribution in [0.1, 0.15) is 31.2 Å². The lowest BCUT2D eigenvalue weighted by Gasteiger charge is -2.25. The first kappa shape index (κ1) is 14.5. The van der Waals surface area contributed by atoms with E-state index < -0.39 is 0 Å². The van der Waals surface area contributed by atoms with Crippen LogP contribution in [-0.2, 0) is 11.3 Å². The summed E-state index contributed by atoms with van der Waals surface area (Å²) >= 11 is 0.